The average molecular weight is 314 g/mol. The molecule has 1 aromatic carbocycles. The zero-order valence-electron chi connectivity index (χ0n) is 11.2. The number of rotatable bonds is 3. The fourth-order valence-corrected chi connectivity index (χ4v) is 4.90. The Kier molecular flexibility index (Phi) is 3.45. The first-order valence-electron chi connectivity index (χ1n) is 6.83. The summed E-state index contributed by atoms with van der Waals surface area (Å²) in [4.78, 5) is 9.49. The second-order valence-electron chi connectivity index (χ2n) is 5.64. The quantitative estimate of drug-likeness (QED) is 0.632. The molecule has 2 unspecified atom stereocenters. The predicted molar refractivity (Wildman–Crippen MR) is 72.6 cm³/mol. The van der Waals surface area contributed by atoms with Crippen LogP contribution in [0.5, 0.6) is 0 Å². The van der Waals surface area contributed by atoms with Crippen LogP contribution in [0, 0.1) is 27.8 Å². The highest BCUT2D eigenvalue weighted by molar-refractivity contribution is 7.89. The molecule has 0 aromatic heterocycles. The molecule has 0 radical (unpaired) electrons. The van der Waals surface area contributed by atoms with Gasteiger partial charge >= 0.3 is 5.69 Å². The Morgan fingerprint density at radius 3 is 2.38 bits per heavy atom. The first kappa shape index (κ1) is 14.4. The van der Waals surface area contributed by atoms with E-state index in [0.29, 0.717) is 24.9 Å². The standard InChI is InChI=1S/C13H15FN2O4S/c14-12-6-11(4-5-13(12)16(17)18)21(19,20)15-7-9-2-1-3-10(9)8-15/h4-6,9-10H,1-3,7-8H2. The molecule has 1 aliphatic carbocycles. The van der Waals surface area contributed by atoms with Crippen molar-refractivity contribution in [2.45, 2.75) is 24.2 Å². The summed E-state index contributed by atoms with van der Waals surface area (Å²) in [5.74, 6) is -0.342. The molecule has 0 spiro atoms. The minimum atomic E-state index is -3.77. The van der Waals surface area contributed by atoms with Crippen molar-refractivity contribution in [2.75, 3.05) is 13.1 Å². The molecule has 3 rings (SSSR count). The molecular weight excluding hydrogens is 299 g/mol. The van der Waals surface area contributed by atoms with E-state index >= 15 is 0 Å². The average Bonchev–Trinajstić information content (AvgIpc) is 2.98. The monoisotopic (exact) mass is 314 g/mol. The molecule has 2 fully saturated rings. The molecule has 1 saturated carbocycles. The Labute approximate surface area is 121 Å². The van der Waals surface area contributed by atoms with Crippen molar-refractivity contribution >= 4 is 15.7 Å². The van der Waals surface area contributed by atoms with Gasteiger partial charge in [-0.3, -0.25) is 10.1 Å². The summed E-state index contributed by atoms with van der Waals surface area (Å²) in [5, 5.41) is 10.6. The summed E-state index contributed by atoms with van der Waals surface area (Å²) in [5.41, 5.74) is -0.716. The smallest absolute Gasteiger partial charge is 0.258 e. The van der Waals surface area contributed by atoms with Gasteiger partial charge in [0.15, 0.2) is 0 Å². The van der Waals surface area contributed by atoms with Gasteiger partial charge in [0.2, 0.25) is 15.8 Å². The number of fused-ring (bicyclic) bond motifs is 1. The fraction of sp³-hybridized carbons (Fsp3) is 0.538. The summed E-state index contributed by atoms with van der Waals surface area (Å²) in [6, 6.07) is 2.74. The van der Waals surface area contributed by atoms with Crippen LogP contribution in [0.25, 0.3) is 0 Å². The zero-order valence-corrected chi connectivity index (χ0v) is 12.1. The lowest BCUT2D eigenvalue weighted by Crippen LogP contribution is -2.29. The molecule has 21 heavy (non-hydrogen) atoms. The number of benzene rings is 1. The van der Waals surface area contributed by atoms with E-state index in [1.807, 2.05) is 0 Å². The van der Waals surface area contributed by atoms with E-state index in [1.165, 1.54) is 4.31 Å². The van der Waals surface area contributed by atoms with Gasteiger partial charge in [-0.2, -0.15) is 8.70 Å². The van der Waals surface area contributed by atoms with E-state index in [1.54, 1.807) is 0 Å². The number of nitro groups is 1. The third-order valence-corrected chi connectivity index (χ3v) is 6.27. The molecule has 2 aliphatic rings. The molecular formula is C13H15FN2O4S. The Bertz CT molecular complexity index is 679. The van der Waals surface area contributed by atoms with Gasteiger partial charge in [0.05, 0.1) is 9.82 Å². The second-order valence-corrected chi connectivity index (χ2v) is 7.58. The molecule has 0 amide bonds. The lowest BCUT2D eigenvalue weighted by Gasteiger charge is -2.17. The van der Waals surface area contributed by atoms with Crippen molar-refractivity contribution in [2.24, 2.45) is 11.8 Å². The van der Waals surface area contributed by atoms with Gasteiger partial charge in [0.25, 0.3) is 0 Å². The first-order valence-corrected chi connectivity index (χ1v) is 8.27. The van der Waals surface area contributed by atoms with Crippen molar-refractivity contribution in [3.63, 3.8) is 0 Å². The van der Waals surface area contributed by atoms with Crippen LogP contribution in [-0.2, 0) is 10.0 Å². The van der Waals surface area contributed by atoms with Crippen molar-refractivity contribution in [1.29, 1.82) is 0 Å². The molecule has 0 N–H and O–H groups in total. The number of nitro benzene ring substituents is 1. The number of hydrogen-bond donors (Lipinski definition) is 0. The predicted octanol–water partition coefficient (Wildman–Crippen LogP) is 2.15. The Morgan fingerprint density at radius 1 is 1.24 bits per heavy atom. The summed E-state index contributed by atoms with van der Waals surface area (Å²) in [6.45, 7) is 0.928. The molecule has 1 heterocycles. The minimum absolute atomic E-state index is 0.217. The first-order chi connectivity index (χ1) is 9.89. The molecule has 1 aliphatic heterocycles. The normalized spacial score (nSPS) is 26.0. The van der Waals surface area contributed by atoms with Gasteiger partial charge in [0, 0.05) is 25.2 Å². The third kappa shape index (κ3) is 2.42. The van der Waals surface area contributed by atoms with E-state index in [9.17, 15) is 22.9 Å². The van der Waals surface area contributed by atoms with Gasteiger partial charge in [-0.1, -0.05) is 6.42 Å². The summed E-state index contributed by atoms with van der Waals surface area (Å²) in [6.07, 6.45) is 3.20. The summed E-state index contributed by atoms with van der Waals surface area (Å²) < 4.78 is 40.0. The number of nitrogens with zero attached hydrogens (tertiary/aromatic N) is 2. The molecule has 0 bridgehead atoms. The van der Waals surface area contributed by atoms with E-state index in [-0.39, 0.29) is 4.90 Å². The topological polar surface area (TPSA) is 80.5 Å². The fourth-order valence-electron chi connectivity index (χ4n) is 3.33. The Balaban J connectivity index is 1.89. The zero-order chi connectivity index (χ0) is 15.2. The van der Waals surface area contributed by atoms with Crippen molar-refractivity contribution in [3.05, 3.63) is 34.1 Å². The van der Waals surface area contributed by atoms with Gasteiger partial charge < -0.3 is 0 Å². The largest absolute Gasteiger partial charge is 0.304 e. The van der Waals surface area contributed by atoms with Crippen LogP contribution in [0.15, 0.2) is 23.1 Å². The maximum absolute atomic E-state index is 13.6. The number of halogens is 1. The summed E-state index contributed by atoms with van der Waals surface area (Å²) in [7, 11) is -3.77. The second kappa shape index (κ2) is 5.03. The van der Waals surface area contributed by atoms with Crippen molar-refractivity contribution in [1.82, 2.24) is 4.31 Å². The maximum atomic E-state index is 13.6. The SMILES string of the molecule is O=[N+]([O-])c1ccc(S(=O)(=O)N2CC3CCCC3C2)cc1F. The number of hydrogen-bond acceptors (Lipinski definition) is 4. The Hall–Kier alpha value is -1.54. The van der Waals surface area contributed by atoms with E-state index < -0.39 is 26.5 Å². The van der Waals surface area contributed by atoms with Gasteiger partial charge in [0.1, 0.15) is 0 Å². The van der Waals surface area contributed by atoms with Crippen molar-refractivity contribution < 1.29 is 17.7 Å². The minimum Gasteiger partial charge on any atom is -0.258 e. The van der Waals surface area contributed by atoms with Crippen LogP contribution in [-0.4, -0.2) is 30.7 Å². The summed E-state index contributed by atoms with van der Waals surface area (Å²) >= 11 is 0. The van der Waals surface area contributed by atoms with Crippen LogP contribution in [0.2, 0.25) is 0 Å². The highest BCUT2D eigenvalue weighted by Gasteiger charge is 2.41. The van der Waals surface area contributed by atoms with Crippen LogP contribution < -0.4 is 0 Å². The lowest BCUT2D eigenvalue weighted by atomic mass is 10.0. The van der Waals surface area contributed by atoms with Crippen LogP contribution >= 0.6 is 0 Å². The molecule has 2 atom stereocenters. The van der Waals surface area contributed by atoms with E-state index in [4.69, 9.17) is 0 Å². The van der Waals surface area contributed by atoms with Gasteiger partial charge in [-0.05, 0) is 30.7 Å². The third-order valence-electron chi connectivity index (χ3n) is 4.45. The van der Waals surface area contributed by atoms with Crippen LogP contribution in [0.1, 0.15) is 19.3 Å². The molecule has 114 valence electrons. The van der Waals surface area contributed by atoms with E-state index in [0.717, 1.165) is 37.5 Å². The van der Waals surface area contributed by atoms with Gasteiger partial charge in [-0.15, -0.1) is 0 Å². The number of sulfonamides is 1. The molecule has 8 heteroatoms. The molecule has 1 saturated heterocycles. The lowest BCUT2D eigenvalue weighted by molar-refractivity contribution is -0.387. The van der Waals surface area contributed by atoms with Crippen LogP contribution in [0.4, 0.5) is 10.1 Å². The van der Waals surface area contributed by atoms with Crippen LogP contribution in [0.3, 0.4) is 0 Å². The molecule has 6 nitrogen and oxygen atoms in total. The highest BCUT2D eigenvalue weighted by atomic mass is 32.2. The van der Waals surface area contributed by atoms with E-state index in [2.05, 4.69) is 0 Å². The van der Waals surface area contributed by atoms with Crippen molar-refractivity contribution in [3.8, 4) is 0 Å². The molecule has 1 aromatic rings. The van der Waals surface area contributed by atoms with Gasteiger partial charge in [-0.25, -0.2) is 8.42 Å². The highest BCUT2D eigenvalue weighted by Crippen LogP contribution is 2.39. The maximum Gasteiger partial charge on any atom is 0.304 e. The Morgan fingerprint density at radius 2 is 1.86 bits per heavy atom.